The number of hydrogen-bond donors (Lipinski definition) is 1. The standard InChI is InChI=1S/C18H28FNO3/c1-14-9-15(2)11-20(10-14)12-17(21)13-22-7-8-23-18-5-3-16(19)4-6-18/h3-6,14-15,17,21H,7-13H2,1-2H3/t14-,15-,17-/m0/s1. The lowest BCUT2D eigenvalue weighted by molar-refractivity contribution is -0.00211. The van der Waals surface area contributed by atoms with Gasteiger partial charge in [0.1, 0.15) is 18.2 Å². The molecule has 4 nitrogen and oxygen atoms in total. The van der Waals surface area contributed by atoms with Crippen molar-refractivity contribution in [3.63, 3.8) is 0 Å². The number of halogens is 1. The van der Waals surface area contributed by atoms with Gasteiger partial charge in [-0.2, -0.15) is 0 Å². The van der Waals surface area contributed by atoms with Crippen molar-refractivity contribution >= 4 is 0 Å². The molecule has 0 radical (unpaired) electrons. The van der Waals surface area contributed by atoms with Crippen LogP contribution >= 0.6 is 0 Å². The number of ether oxygens (including phenoxy) is 2. The topological polar surface area (TPSA) is 41.9 Å². The fourth-order valence-corrected chi connectivity index (χ4v) is 3.26. The SMILES string of the molecule is C[C@H]1C[C@H](C)CN(C[C@H](O)COCCOc2ccc(F)cc2)C1. The number of benzene rings is 1. The molecule has 1 fully saturated rings. The number of β-amino-alcohol motifs (C(OH)–C–C–N with tert-alkyl or cyclic N) is 1. The first kappa shape index (κ1) is 18.2. The van der Waals surface area contributed by atoms with E-state index in [9.17, 15) is 9.50 Å². The van der Waals surface area contributed by atoms with E-state index in [0.29, 0.717) is 44.0 Å². The molecule has 0 spiro atoms. The number of rotatable bonds is 8. The van der Waals surface area contributed by atoms with E-state index in [4.69, 9.17) is 9.47 Å². The summed E-state index contributed by atoms with van der Waals surface area (Å²) < 4.78 is 23.6. The number of aliphatic hydroxyl groups is 1. The first-order valence-corrected chi connectivity index (χ1v) is 8.39. The van der Waals surface area contributed by atoms with E-state index >= 15 is 0 Å². The first-order valence-electron chi connectivity index (χ1n) is 8.39. The van der Waals surface area contributed by atoms with Crippen LogP contribution in [-0.4, -0.2) is 55.6 Å². The van der Waals surface area contributed by atoms with Crippen LogP contribution in [0.2, 0.25) is 0 Å². The van der Waals surface area contributed by atoms with Crippen molar-refractivity contribution < 1.29 is 19.0 Å². The minimum absolute atomic E-state index is 0.280. The monoisotopic (exact) mass is 325 g/mol. The van der Waals surface area contributed by atoms with E-state index in [1.54, 1.807) is 12.1 Å². The van der Waals surface area contributed by atoms with Gasteiger partial charge in [-0.1, -0.05) is 13.8 Å². The zero-order valence-electron chi connectivity index (χ0n) is 14.1. The third-order valence-corrected chi connectivity index (χ3v) is 4.03. The lowest BCUT2D eigenvalue weighted by Crippen LogP contribution is -2.43. The third-order valence-electron chi connectivity index (χ3n) is 4.03. The molecular formula is C18H28FNO3. The smallest absolute Gasteiger partial charge is 0.123 e. The average Bonchev–Trinajstić information content (AvgIpc) is 2.47. The van der Waals surface area contributed by atoms with Crippen molar-refractivity contribution in [3.05, 3.63) is 30.1 Å². The van der Waals surface area contributed by atoms with Crippen molar-refractivity contribution in [2.45, 2.75) is 26.4 Å². The molecule has 1 aliphatic heterocycles. The van der Waals surface area contributed by atoms with E-state index in [2.05, 4.69) is 18.7 Å². The Labute approximate surface area is 138 Å². The quantitative estimate of drug-likeness (QED) is 0.746. The van der Waals surface area contributed by atoms with Gasteiger partial charge in [-0.05, 0) is 42.5 Å². The largest absolute Gasteiger partial charge is 0.491 e. The van der Waals surface area contributed by atoms with Gasteiger partial charge >= 0.3 is 0 Å². The van der Waals surface area contributed by atoms with E-state index in [0.717, 1.165) is 13.1 Å². The van der Waals surface area contributed by atoms with Gasteiger partial charge in [0.15, 0.2) is 0 Å². The summed E-state index contributed by atoms with van der Waals surface area (Å²) in [7, 11) is 0. The molecule has 1 saturated heterocycles. The Morgan fingerprint density at radius 3 is 2.48 bits per heavy atom. The molecule has 1 aliphatic rings. The Morgan fingerprint density at radius 2 is 1.83 bits per heavy atom. The molecular weight excluding hydrogens is 297 g/mol. The maximum absolute atomic E-state index is 12.7. The molecule has 1 N–H and O–H groups in total. The van der Waals surface area contributed by atoms with E-state index in [1.165, 1.54) is 18.6 Å². The molecule has 0 bridgehead atoms. The fraction of sp³-hybridized carbons (Fsp3) is 0.667. The van der Waals surface area contributed by atoms with Crippen molar-refractivity contribution in [2.24, 2.45) is 11.8 Å². The maximum Gasteiger partial charge on any atom is 0.123 e. The van der Waals surface area contributed by atoms with Gasteiger partial charge in [0, 0.05) is 19.6 Å². The molecule has 0 aromatic heterocycles. The summed E-state index contributed by atoms with van der Waals surface area (Å²) in [4.78, 5) is 2.32. The fourth-order valence-electron chi connectivity index (χ4n) is 3.26. The van der Waals surface area contributed by atoms with Gasteiger partial charge in [-0.3, -0.25) is 0 Å². The number of piperidine rings is 1. The van der Waals surface area contributed by atoms with Crippen LogP contribution < -0.4 is 4.74 Å². The average molecular weight is 325 g/mol. The number of hydrogen-bond acceptors (Lipinski definition) is 4. The van der Waals surface area contributed by atoms with Gasteiger partial charge < -0.3 is 19.5 Å². The highest BCUT2D eigenvalue weighted by atomic mass is 19.1. The molecule has 1 aromatic carbocycles. The van der Waals surface area contributed by atoms with Gasteiger partial charge in [0.25, 0.3) is 0 Å². The van der Waals surface area contributed by atoms with Crippen LogP contribution in [0.1, 0.15) is 20.3 Å². The zero-order valence-corrected chi connectivity index (χ0v) is 14.1. The van der Waals surface area contributed by atoms with Crippen LogP contribution in [-0.2, 0) is 4.74 Å². The summed E-state index contributed by atoms with van der Waals surface area (Å²) in [5, 5.41) is 10.1. The maximum atomic E-state index is 12.7. The van der Waals surface area contributed by atoms with Crippen molar-refractivity contribution in [3.8, 4) is 5.75 Å². The predicted octanol–water partition coefficient (Wildman–Crippen LogP) is 2.56. The Balaban J connectivity index is 1.56. The minimum Gasteiger partial charge on any atom is -0.491 e. The minimum atomic E-state index is -0.474. The molecule has 0 unspecified atom stereocenters. The van der Waals surface area contributed by atoms with Crippen LogP contribution in [0.5, 0.6) is 5.75 Å². The molecule has 0 amide bonds. The van der Waals surface area contributed by atoms with Gasteiger partial charge in [0.2, 0.25) is 0 Å². The van der Waals surface area contributed by atoms with E-state index < -0.39 is 6.10 Å². The molecule has 3 atom stereocenters. The highest BCUT2D eigenvalue weighted by Gasteiger charge is 2.23. The number of nitrogens with zero attached hydrogens (tertiary/aromatic N) is 1. The van der Waals surface area contributed by atoms with Crippen LogP contribution in [0.15, 0.2) is 24.3 Å². The normalized spacial score (nSPS) is 23.7. The van der Waals surface area contributed by atoms with Gasteiger partial charge in [0.05, 0.1) is 19.3 Å². The Kier molecular flexibility index (Phi) is 7.27. The molecule has 23 heavy (non-hydrogen) atoms. The van der Waals surface area contributed by atoms with E-state index in [1.807, 2.05) is 0 Å². The molecule has 5 heteroatoms. The Morgan fingerprint density at radius 1 is 1.17 bits per heavy atom. The second-order valence-electron chi connectivity index (χ2n) is 6.70. The molecule has 1 aromatic rings. The number of aliphatic hydroxyl groups excluding tert-OH is 1. The predicted molar refractivity (Wildman–Crippen MR) is 88.1 cm³/mol. The van der Waals surface area contributed by atoms with E-state index in [-0.39, 0.29) is 5.82 Å². The molecule has 0 saturated carbocycles. The highest BCUT2D eigenvalue weighted by Crippen LogP contribution is 2.20. The van der Waals surface area contributed by atoms with Crippen molar-refractivity contribution in [2.75, 3.05) is 39.5 Å². The van der Waals surface area contributed by atoms with Crippen molar-refractivity contribution in [1.82, 2.24) is 4.90 Å². The lowest BCUT2D eigenvalue weighted by atomic mass is 9.92. The van der Waals surface area contributed by atoms with Crippen LogP contribution in [0.3, 0.4) is 0 Å². The second kappa shape index (κ2) is 9.21. The van der Waals surface area contributed by atoms with Crippen molar-refractivity contribution in [1.29, 1.82) is 0 Å². The van der Waals surface area contributed by atoms with Crippen LogP contribution in [0, 0.1) is 17.7 Å². The Hall–Kier alpha value is -1.17. The summed E-state index contributed by atoms with van der Waals surface area (Å²) in [5.74, 6) is 1.72. The molecule has 0 aliphatic carbocycles. The Bertz CT molecular complexity index is 444. The second-order valence-corrected chi connectivity index (χ2v) is 6.70. The summed E-state index contributed by atoms with van der Waals surface area (Å²) in [6.07, 6.45) is 0.794. The summed E-state index contributed by atoms with van der Waals surface area (Å²) >= 11 is 0. The van der Waals surface area contributed by atoms with Crippen LogP contribution in [0.4, 0.5) is 4.39 Å². The summed E-state index contributed by atoms with van der Waals surface area (Å²) in [6.45, 7) is 8.39. The third kappa shape index (κ3) is 6.85. The van der Waals surface area contributed by atoms with Crippen LogP contribution in [0.25, 0.3) is 0 Å². The molecule has 130 valence electrons. The summed E-state index contributed by atoms with van der Waals surface area (Å²) in [6, 6.07) is 5.90. The van der Waals surface area contributed by atoms with Gasteiger partial charge in [-0.25, -0.2) is 4.39 Å². The zero-order chi connectivity index (χ0) is 16.7. The first-order chi connectivity index (χ1) is 11.0. The molecule has 1 heterocycles. The summed E-state index contributed by atoms with van der Waals surface area (Å²) in [5.41, 5.74) is 0. The van der Waals surface area contributed by atoms with Gasteiger partial charge in [-0.15, -0.1) is 0 Å². The molecule has 2 rings (SSSR count). The number of likely N-dealkylation sites (tertiary alicyclic amines) is 1. The highest BCUT2D eigenvalue weighted by molar-refractivity contribution is 5.21. The lowest BCUT2D eigenvalue weighted by Gasteiger charge is -2.35.